The van der Waals surface area contributed by atoms with E-state index < -0.39 is 0 Å². The second-order valence-corrected chi connectivity index (χ2v) is 8.59. The van der Waals surface area contributed by atoms with Crippen LogP contribution in [0.1, 0.15) is 17.0 Å². The van der Waals surface area contributed by atoms with E-state index >= 15 is 0 Å². The Bertz CT molecular complexity index is 1200. The van der Waals surface area contributed by atoms with Crippen molar-refractivity contribution in [2.45, 2.75) is 25.2 Å². The first-order chi connectivity index (χ1) is 16.1. The van der Waals surface area contributed by atoms with Gasteiger partial charge in [-0.05, 0) is 36.2 Å². The minimum atomic E-state index is 0.0316. The summed E-state index contributed by atoms with van der Waals surface area (Å²) in [5, 5.41) is 9.40. The third-order valence-electron chi connectivity index (χ3n) is 5.18. The highest BCUT2D eigenvalue weighted by Gasteiger charge is 2.18. The first-order valence-corrected chi connectivity index (χ1v) is 11.7. The van der Waals surface area contributed by atoms with Gasteiger partial charge in [-0.3, -0.25) is 9.36 Å². The summed E-state index contributed by atoms with van der Waals surface area (Å²) in [7, 11) is 1.82. The van der Waals surface area contributed by atoms with Crippen LogP contribution in [0, 0.1) is 6.92 Å². The van der Waals surface area contributed by atoms with Gasteiger partial charge in [0.2, 0.25) is 5.91 Å². The number of para-hydroxylation sites is 2. The largest absolute Gasteiger partial charge is 0.485 e. The number of aryl methyl sites for hydroxylation is 1. The molecule has 7 heteroatoms. The predicted molar refractivity (Wildman–Crippen MR) is 131 cm³/mol. The highest BCUT2D eigenvalue weighted by molar-refractivity contribution is 7.99. The fraction of sp³-hybridized carbons (Fsp3) is 0.192. The molecule has 4 rings (SSSR count). The standard InChI is InChI=1S/C26H26N4O2S/c1-20-11-9-10-16-23(20)32-18-24-27-28-26(30(24)22-14-7-4-8-15-22)33-19-25(31)29(2)17-21-12-5-3-6-13-21/h3-16H,17-19H2,1-2H3. The fourth-order valence-corrected chi connectivity index (χ4v) is 4.28. The summed E-state index contributed by atoms with van der Waals surface area (Å²) in [6.45, 7) is 2.85. The van der Waals surface area contributed by atoms with Gasteiger partial charge in [-0.1, -0.05) is 78.5 Å². The molecular formula is C26H26N4O2S. The number of aromatic nitrogens is 3. The molecule has 0 spiro atoms. The maximum atomic E-state index is 12.7. The molecule has 0 N–H and O–H groups in total. The molecule has 0 unspecified atom stereocenters. The number of nitrogens with zero attached hydrogens (tertiary/aromatic N) is 4. The predicted octanol–water partition coefficient (Wildman–Crippen LogP) is 4.91. The van der Waals surface area contributed by atoms with Gasteiger partial charge in [0, 0.05) is 19.3 Å². The number of hydrogen-bond acceptors (Lipinski definition) is 5. The number of carbonyl (C=O) groups is 1. The van der Waals surface area contributed by atoms with Gasteiger partial charge in [-0.25, -0.2) is 0 Å². The van der Waals surface area contributed by atoms with Gasteiger partial charge >= 0.3 is 0 Å². The molecule has 0 atom stereocenters. The number of thioether (sulfide) groups is 1. The zero-order valence-electron chi connectivity index (χ0n) is 18.7. The summed E-state index contributed by atoms with van der Waals surface area (Å²) in [4.78, 5) is 14.5. The molecule has 6 nitrogen and oxygen atoms in total. The number of amides is 1. The zero-order valence-corrected chi connectivity index (χ0v) is 19.5. The first-order valence-electron chi connectivity index (χ1n) is 10.7. The van der Waals surface area contributed by atoms with Crippen LogP contribution >= 0.6 is 11.8 Å². The van der Waals surface area contributed by atoms with Crippen molar-refractivity contribution in [1.29, 1.82) is 0 Å². The van der Waals surface area contributed by atoms with Crippen molar-refractivity contribution in [1.82, 2.24) is 19.7 Å². The van der Waals surface area contributed by atoms with Gasteiger partial charge in [0.25, 0.3) is 0 Å². The lowest BCUT2D eigenvalue weighted by Gasteiger charge is -2.17. The normalized spacial score (nSPS) is 10.7. The molecule has 168 valence electrons. The minimum Gasteiger partial charge on any atom is -0.485 e. The van der Waals surface area contributed by atoms with Crippen molar-refractivity contribution in [3.63, 3.8) is 0 Å². The van der Waals surface area contributed by atoms with Crippen LogP contribution in [0.4, 0.5) is 0 Å². The van der Waals surface area contributed by atoms with Gasteiger partial charge in [0.05, 0.1) is 5.75 Å². The lowest BCUT2D eigenvalue weighted by atomic mass is 10.2. The smallest absolute Gasteiger partial charge is 0.233 e. The van der Waals surface area contributed by atoms with E-state index in [1.165, 1.54) is 11.8 Å². The number of rotatable bonds is 9. The summed E-state index contributed by atoms with van der Waals surface area (Å²) in [5.74, 6) is 1.79. The average Bonchev–Trinajstić information content (AvgIpc) is 3.26. The van der Waals surface area contributed by atoms with Gasteiger partial charge in [-0.2, -0.15) is 0 Å². The van der Waals surface area contributed by atoms with Crippen molar-refractivity contribution < 1.29 is 9.53 Å². The fourth-order valence-electron chi connectivity index (χ4n) is 3.37. The monoisotopic (exact) mass is 458 g/mol. The van der Waals surface area contributed by atoms with Gasteiger partial charge in [0.1, 0.15) is 12.4 Å². The molecule has 0 bridgehead atoms. The van der Waals surface area contributed by atoms with Gasteiger partial charge in [0.15, 0.2) is 11.0 Å². The molecule has 1 heterocycles. The molecule has 1 aromatic heterocycles. The average molecular weight is 459 g/mol. The maximum absolute atomic E-state index is 12.7. The molecule has 0 saturated carbocycles. The van der Waals surface area contributed by atoms with Crippen LogP contribution < -0.4 is 4.74 Å². The molecule has 1 amide bonds. The number of benzene rings is 3. The third kappa shape index (κ3) is 5.81. The van der Waals surface area contributed by atoms with Crippen LogP contribution in [0.15, 0.2) is 90.1 Å². The Morgan fingerprint density at radius 1 is 0.939 bits per heavy atom. The van der Waals surface area contributed by atoms with E-state index in [1.807, 2.05) is 103 Å². The first kappa shape index (κ1) is 22.6. The van der Waals surface area contributed by atoms with Crippen LogP contribution in [0.25, 0.3) is 5.69 Å². The number of carbonyl (C=O) groups excluding carboxylic acids is 1. The highest BCUT2D eigenvalue weighted by Crippen LogP contribution is 2.24. The lowest BCUT2D eigenvalue weighted by Crippen LogP contribution is -2.27. The maximum Gasteiger partial charge on any atom is 0.233 e. The van der Waals surface area contributed by atoms with E-state index in [2.05, 4.69) is 10.2 Å². The molecule has 0 aliphatic rings. The van der Waals surface area contributed by atoms with E-state index in [-0.39, 0.29) is 18.3 Å². The third-order valence-corrected chi connectivity index (χ3v) is 6.09. The quantitative estimate of drug-likeness (QED) is 0.334. The topological polar surface area (TPSA) is 60.3 Å². The van der Waals surface area contributed by atoms with E-state index in [1.54, 1.807) is 4.90 Å². The molecule has 3 aromatic carbocycles. The second-order valence-electron chi connectivity index (χ2n) is 7.65. The van der Waals surface area contributed by atoms with Crippen molar-refractivity contribution in [3.8, 4) is 11.4 Å². The molecule has 0 saturated heterocycles. The van der Waals surface area contributed by atoms with Crippen LogP contribution in [0.2, 0.25) is 0 Å². The number of ether oxygens (including phenoxy) is 1. The van der Waals surface area contributed by atoms with Gasteiger partial charge in [-0.15, -0.1) is 10.2 Å². The van der Waals surface area contributed by atoms with Crippen molar-refractivity contribution in [3.05, 3.63) is 102 Å². The second kappa shape index (κ2) is 10.8. The molecule has 33 heavy (non-hydrogen) atoms. The summed E-state index contributed by atoms with van der Waals surface area (Å²) in [6.07, 6.45) is 0. The van der Waals surface area contributed by atoms with E-state index in [9.17, 15) is 4.79 Å². The summed E-state index contributed by atoms with van der Waals surface area (Å²) in [6, 6.07) is 27.7. The van der Waals surface area contributed by atoms with Crippen molar-refractivity contribution in [2.24, 2.45) is 0 Å². The Labute approximate surface area is 198 Å². The van der Waals surface area contributed by atoms with Crippen LogP contribution in [0.3, 0.4) is 0 Å². The lowest BCUT2D eigenvalue weighted by molar-refractivity contribution is -0.127. The summed E-state index contributed by atoms with van der Waals surface area (Å²) < 4.78 is 7.97. The zero-order chi connectivity index (χ0) is 23.0. The summed E-state index contributed by atoms with van der Waals surface area (Å²) >= 11 is 1.38. The Kier molecular flexibility index (Phi) is 7.42. The summed E-state index contributed by atoms with van der Waals surface area (Å²) in [5.41, 5.74) is 3.09. The van der Waals surface area contributed by atoms with E-state index in [0.29, 0.717) is 17.5 Å². The molecule has 0 aliphatic carbocycles. The van der Waals surface area contributed by atoms with Crippen molar-refractivity contribution >= 4 is 17.7 Å². The Balaban J connectivity index is 1.48. The number of hydrogen-bond donors (Lipinski definition) is 0. The SMILES string of the molecule is Cc1ccccc1OCc1nnc(SCC(=O)N(C)Cc2ccccc2)n1-c1ccccc1. The minimum absolute atomic E-state index is 0.0316. The van der Waals surface area contributed by atoms with Crippen molar-refractivity contribution in [2.75, 3.05) is 12.8 Å². The Morgan fingerprint density at radius 3 is 2.33 bits per heavy atom. The molecule has 0 radical (unpaired) electrons. The molecular weight excluding hydrogens is 432 g/mol. The van der Waals surface area contributed by atoms with E-state index in [4.69, 9.17) is 4.74 Å². The molecule has 0 aliphatic heterocycles. The van der Waals surface area contributed by atoms with E-state index in [0.717, 1.165) is 22.6 Å². The highest BCUT2D eigenvalue weighted by atomic mass is 32.2. The van der Waals surface area contributed by atoms with Crippen LogP contribution in [-0.4, -0.2) is 38.4 Å². The van der Waals surface area contributed by atoms with Crippen LogP contribution in [0.5, 0.6) is 5.75 Å². The molecule has 0 fully saturated rings. The Hall–Kier alpha value is -3.58. The van der Waals surface area contributed by atoms with Gasteiger partial charge < -0.3 is 9.64 Å². The van der Waals surface area contributed by atoms with Crippen LogP contribution in [-0.2, 0) is 17.9 Å². The Morgan fingerprint density at radius 2 is 1.61 bits per heavy atom. The molecule has 4 aromatic rings.